The largest absolute Gasteiger partial charge is 0.494 e. The minimum absolute atomic E-state index is 0.421. The number of anilines is 1. The minimum Gasteiger partial charge on any atom is -0.494 e. The second-order valence-corrected chi connectivity index (χ2v) is 4.05. The third-order valence-electron chi connectivity index (χ3n) is 1.98. The molecule has 0 aromatic heterocycles. The van der Waals surface area contributed by atoms with Gasteiger partial charge in [-0.2, -0.15) is 0 Å². The molecule has 1 aromatic rings. The van der Waals surface area contributed by atoms with E-state index in [0.717, 1.165) is 11.4 Å². The number of aliphatic hydroxyl groups excluding tert-OH is 1. The molecule has 0 aliphatic heterocycles. The summed E-state index contributed by atoms with van der Waals surface area (Å²) in [5, 5.41) is 15.5. The summed E-state index contributed by atoms with van der Waals surface area (Å²) in [7, 11) is 0. The molecule has 0 saturated heterocycles. The van der Waals surface area contributed by atoms with E-state index >= 15 is 0 Å². The van der Waals surface area contributed by atoms with E-state index in [0.29, 0.717) is 18.3 Å². The van der Waals surface area contributed by atoms with Gasteiger partial charge in [0.2, 0.25) is 0 Å². The first-order valence-electron chi connectivity index (χ1n) is 5.57. The van der Waals surface area contributed by atoms with Crippen LogP contribution in [0.5, 0.6) is 5.75 Å². The Bertz CT molecular complexity index is 352. The minimum atomic E-state index is -0.421. The fourth-order valence-electron chi connectivity index (χ4n) is 1.22. The van der Waals surface area contributed by atoms with Crippen LogP contribution >= 0.6 is 12.2 Å². The van der Waals surface area contributed by atoms with Gasteiger partial charge in [0, 0.05) is 12.2 Å². The number of benzene rings is 1. The summed E-state index contributed by atoms with van der Waals surface area (Å²) >= 11 is 5.07. The number of ether oxygens (including phenoxy) is 1. The van der Waals surface area contributed by atoms with Crippen LogP contribution in [0.4, 0.5) is 5.69 Å². The molecular weight excluding hydrogens is 236 g/mol. The van der Waals surface area contributed by atoms with Gasteiger partial charge in [-0.15, -0.1) is 0 Å². The predicted octanol–water partition coefficient (Wildman–Crippen LogP) is 1.75. The molecule has 5 heteroatoms. The lowest BCUT2D eigenvalue weighted by atomic mass is 10.3. The zero-order chi connectivity index (χ0) is 12.7. The molecule has 0 radical (unpaired) electrons. The standard InChI is InChI=1S/C12H18N2O2S/c1-3-16-11-6-4-10(5-7-11)14-12(17)13-8-9(2)15/h4-7,9,15H,3,8H2,1-2H3,(H2,13,14,17)/t9-/m0/s1. The normalized spacial score (nSPS) is 11.7. The van der Waals surface area contributed by atoms with E-state index in [9.17, 15) is 0 Å². The molecule has 17 heavy (non-hydrogen) atoms. The van der Waals surface area contributed by atoms with Gasteiger partial charge in [-0.1, -0.05) is 0 Å². The Hall–Kier alpha value is -1.33. The highest BCUT2D eigenvalue weighted by atomic mass is 32.1. The Morgan fingerprint density at radius 1 is 1.41 bits per heavy atom. The van der Waals surface area contributed by atoms with Crippen molar-refractivity contribution in [2.45, 2.75) is 20.0 Å². The second kappa shape index (κ2) is 7.09. The van der Waals surface area contributed by atoms with Crippen molar-refractivity contribution in [3.8, 4) is 5.75 Å². The van der Waals surface area contributed by atoms with Crippen molar-refractivity contribution in [2.75, 3.05) is 18.5 Å². The highest BCUT2D eigenvalue weighted by molar-refractivity contribution is 7.80. The number of aliphatic hydroxyl groups is 1. The summed E-state index contributed by atoms with van der Waals surface area (Å²) < 4.78 is 5.34. The van der Waals surface area contributed by atoms with Crippen LogP contribution in [-0.4, -0.2) is 29.5 Å². The van der Waals surface area contributed by atoms with Crippen LogP contribution in [0.2, 0.25) is 0 Å². The molecule has 0 aliphatic carbocycles. The number of rotatable bonds is 5. The molecule has 94 valence electrons. The first-order valence-corrected chi connectivity index (χ1v) is 5.98. The third kappa shape index (κ3) is 5.51. The van der Waals surface area contributed by atoms with E-state index in [1.54, 1.807) is 6.92 Å². The van der Waals surface area contributed by atoms with Crippen molar-refractivity contribution in [3.63, 3.8) is 0 Å². The smallest absolute Gasteiger partial charge is 0.170 e. The van der Waals surface area contributed by atoms with Crippen LogP contribution in [0.1, 0.15) is 13.8 Å². The van der Waals surface area contributed by atoms with Crippen molar-refractivity contribution < 1.29 is 9.84 Å². The lowest BCUT2D eigenvalue weighted by Gasteiger charge is -2.12. The van der Waals surface area contributed by atoms with Crippen LogP contribution < -0.4 is 15.4 Å². The summed E-state index contributed by atoms with van der Waals surface area (Å²) in [6, 6.07) is 7.54. The van der Waals surface area contributed by atoms with Gasteiger partial charge in [-0.05, 0) is 50.3 Å². The summed E-state index contributed by atoms with van der Waals surface area (Å²) in [6.45, 7) is 4.73. The van der Waals surface area contributed by atoms with Crippen LogP contribution in [0.25, 0.3) is 0 Å². The molecule has 0 saturated carbocycles. The quantitative estimate of drug-likeness (QED) is 0.699. The fourth-order valence-corrected chi connectivity index (χ4v) is 1.42. The van der Waals surface area contributed by atoms with Crippen molar-refractivity contribution >= 4 is 23.0 Å². The topological polar surface area (TPSA) is 53.5 Å². The third-order valence-corrected chi connectivity index (χ3v) is 2.23. The zero-order valence-electron chi connectivity index (χ0n) is 10.1. The number of nitrogens with one attached hydrogen (secondary N) is 2. The fraction of sp³-hybridized carbons (Fsp3) is 0.417. The summed E-state index contributed by atoms with van der Waals surface area (Å²) in [5.41, 5.74) is 0.886. The highest BCUT2D eigenvalue weighted by Gasteiger charge is 2.00. The maximum absolute atomic E-state index is 9.10. The average molecular weight is 254 g/mol. The maximum Gasteiger partial charge on any atom is 0.170 e. The Labute approximate surface area is 107 Å². The molecule has 0 fully saturated rings. The summed E-state index contributed by atoms with van der Waals surface area (Å²) in [6.07, 6.45) is -0.421. The molecule has 1 aromatic carbocycles. The van der Waals surface area contributed by atoms with E-state index in [2.05, 4.69) is 10.6 Å². The van der Waals surface area contributed by atoms with Crippen molar-refractivity contribution in [3.05, 3.63) is 24.3 Å². The van der Waals surface area contributed by atoms with E-state index in [4.69, 9.17) is 22.1 Å². The first kappa shape index (κ1) is 13.7. The Morgan fingerprint density at radius 3 is 2.59 bits per heavy atom. The lowest BCUT2D eigenvalue weighted by molar-refractivity contribution is 0.198. The number of thiocarbonyl (C=S) groups is 1. The SMILES string of the molecule is CCOc1ccc(NC(=S)NC[C@H](C)O)cc1. The maximum atomic E-state index is 9.10. The molecule has 0 amide bonds. The van der Waals surface area contributed by atoms with Gasteiger partial charge in [-0.25, -0.2) is 0 Å². The van der Waals surface area contributed by atoms with Gasteiger partial charge in [0.05, 0.1) is 12.7 Å². The van der Waals surface area contributed by atoms with Crippen LogP contribution in [0.3, 0.4) is 0 Å². The molecule has 1 rings (SSSR count). The van der Waals surface area contributed by atoms with E-state index < -0.39 is 6.10 Å². The van der Waals surface area contributed by atoms with Crippen LogP contribution in [0, 0.1) is 0 Å². The number of hydrogen-bond acceptors (Lipinski definition) is 3. The van der Waals surface area contributed by atoms with Gasteiger partial charge in [-0.3, -0.25) is 0 Å². The van der Waals surface area contributed by atoms with E-state index in [1.807, 2.05) is 31.2 Å². The monoisotopic (exact) mass is 254 g/mol. The van der Waals surface area contributed by atoms with Gasteiger partial charge in [0.1, 0.15) is 5.75 Å². The Balaban J connectivity index is 2.43. The molecule has 0 bridgehead atoms. The average Bonchev–Trinajstić information content (AvgIpc) is 2.29. The van der Waals surface area contributed by atoms with Gasteiger partial charge >= 0.3 is 0 Å². The van der Waals surface area contributed by atoms with Crippen LogP contribution in [0.15, 0.2) is 24.3 Å². The molecule has 0 spiro atoms. The van der Waals surface area contributed by atoms with Crippen molar-refractivity contribution in [2.24, 2.45) is 0 Å². The van der Waals surface area contributed by atoms with E-state index in [1.165, 1.54) is 0 Å². The molecule has 4 nitrogen and oxygen atoms in total. The Morgan fingerprint density at radius 2 is 2.06 bits per heavy atom. The van der Waals surface area contributed by atoms with Crippen molar-refractivity contribution in [1.82, 2.24) is 5.32 Å². The molecule has 1 atom stereocenters. The molecule has 0 aliphatic rings. The molecular formula is C12H18N2O2S. The summed E-state index contributed by atoms with van der Waals surface area (Å²) in [4.78, 5) is 0. The van der Waals surface area contributed by atoms with Crippen LogP contribution in [-0.2, 0) is 0 Å². The van der Waals surface area contributed by atoms with E-state index in [-0.39, 0.29) is 0 Å². The molecule has 0 unspecified atom stereocenters. The van der Waals surface area contributed by atoms with Gasteiger partial charge < -0.3 is 20.5 Å². The lowest BCUT2D eigenvalue weighted by Crippen LogP contribution is -2.33. The zero-order valence-corrected chi connectivity index (χ0v) is 10.9. The molecule has 3 N–H and O–H groups in total. The molecule has 0 heterocycles. The first-order chi connectivity index (χ1) is 8.11. The predicted molar refractivity (Wildman–Crippen MR) is 73.5 cm³/mol. The van der Waals surface area contributed by atoms with Gasteiger partial charge in [0.15, 0.2) is 5.11 Å². The Kier molecular flexibility index (Phi) is 5.72. The summed E-state index contributed by atoms with van der Waals surface area (Å²) in [5.74, 6) is 0.834. The number of hydrogen-bond donors (Lipinski definition) is 3. The van der Waals surface area contributed by atoms with Gasteiger partial charge in [0.25, 0.3) is 0 Å². The highest BCUT2D eigenvalue weighted by Crippen LogP contribution is 2.15. The second-order valence-electron chi connectivity index (χ2n) is 3.64. The van der Waals surface area contributed by atoms with Crippen molar-refractivity contribution in [1.29, 1.82) is 0 Å².